The molecule has 0 unspecified atom stereocenters. The summed E-state index contributed by atoms with van der Waals surface area (Å²) in [6.07, 6.45) is 1.87. The second-order valence-electron chi connectivity index (χ2n) is 6.80. The van der Waals surface area contributed by atoms with Crippen molar-refractivity contribution in [2.75, 3.05) is 12.4 Å². The summed E-state index contributed by atoms with van der Waals surface area (Å²) in [4.78, 5) is 28.5. The summed E-state index contributed by atoms with van der Waals surface area (Å²) in [5, 5.41) is 5.94. The Morgan fingerprint density at radius 2 is 1.87 bits per heavy atom. The number of esters is 1. The van der Waals surface area contributed by atoms with Crippen LogP contribution in [0.2, 0.25) is 5.02 Å². The number of hydrogen-bond donors (Lipinski definition) is 1. The fourth-order valence-corrected chi connectivity index (χ4v) is 3.72. The van der Waals surface area contributed by atoms with E-state index < -0.39 is 0 Å². The maximum Gasteiger partial charge on any atom is 0.311 e. The van der Waals surface area contributed by atoms with Crippen molar-refractivity contribution in [3.05, 3.63) is 58.4 Å². The SMILES string of the molecule is CCCC(=O)Oc1ccc(CCC(=O)Nc2nc(-c3ccc(Cl)cc3)cs2)cc1OC. The molecule has 0 aliphatic carbocycles. The number of carbonyl (C=O) groups excluding carboxylic acids is 2. The third kappa shape index (κ3) is 6.54. The standard InChI is InChI=1S/C23H23ClN2O4S/c1-3-4-22(28)30-19-11-5-15(13-20(19)29-2)6-12-21(27)26-23-25-18(14-31-23)16-7-9-17(24)10-8-16/h5,7-11,13-14H,3-4,6,12H2,1-2H3,(H,25,26,27). The fraction of sp³-hybridized carbons (Fsp3) is 0.261. The van der Waals surface area contributed by atoms with E-state index in [1.807, 2.05) is 30.5 Å². The lowest BCUT2D eigenvalue weighted by atomic mass is 10.1. The number of rotatable bonds is 9. The first-order chi connectivity index (χ1) is 15.0. The molecule has 1 amide bonds. The van der Waals surface area contributed by atoms with Gasteiger partial charge in [0.15, 0.2) is 16.6 Å². The number of aryl methyl sites for hydroxylation is 1. The molecule has 6 nitrogen and oxygen atoms in total. The molecule has 1 aromatic heterocycles. The number of halogens is 1. The van der Waals surface area contributed by atoms with Crippen molar-refractivity contribution in [1.82, 2.24) is 4.98 Å². The smallest absolute Gasteiger partial charge is 0.311 e. The van der Waals surface area contributed by atoms with Crippen LogP contribution in [0.5, 0.6) is 11.5 Å². The molecule has 3 rings (SSSR count). The number of thiazole rings is 1. The minimum atomic E-state index is -0.297. The highest BCUT2D eigenvalue weighted by molar-refractivity contribution is 7.14. The van der Waals surface area contributed by atoms with Crippen LogP contribution in [-0.4, -0.2) is 24.0 Å². The van der Waals surface area contributed by atoms with Crippen LogP contribution in [-0.2, 0) is 16.0 Å². The van der Waals surface area contributed by atoms with Crippen LogP contribution in [0.25, 0.3) is 11.3 Å². The Labute approximate surface area is 190 Å². The highest BCUT2D eigenvalue weighted by Gasteiger charge is 2.12. The van der Waals surface area contributed by atoms with Crippen molar-refractivity contribution in [1.29, 1.82) is 0 Å². The van der Waals surface area contributed by atoms with E-state index in [-0.39, 0.29) is 18.3 Å². The van der Waals surface area contributed by atoms with Crippen LogP contribution in [0, 0.1) is 0 Å². The average molecular weight is 459 g/mol. The lowest BCUT2D eigenvalue weighted by Gasteiger charge is -2.11. The van der Waals surface area contributed by atoms with Gasteiger partial charge < -0.3 is 14.8 Å². The number of ether oxygens (including phenoxy) is 2. The Morgan fingerprint density at radius 3 is 2.58 bits per heavy atom. The summed E-state index contributed by atoms with van der Waals surface area (Å²) in [5.74, 6) is 0.422. The van der Waals surface area contributed by atoms with E-state index in [0.29, 0.717) is 40.9 Å². The van der Waals surface area contributed by atoms with E-state index in [1.165, 1.54) is 18.4 Å². The maximum atomic E-state index is 12.4. The number of anilines is 1. The molecule has 0 saturated carbocycles. The molecular weight excluding hydrogens is 436 g/mol. The van der Waals surface area contributed by atoms with Crippen molar-refractivity contribution < 1.29 is 19.1 Å². The van der Waals surface area contributed by atoms with Crippen LogP contribution in [0.15, 0.2) is 47.8 Å². The van der Waals surface area contributed by atoms with Crippen molar-refractivity contribution in [2.24, 2.45) is 0 Å². The molecule has 1 heterocycles. The molecule has 0 bridgehead atoms. The monoisotopic (exact) mass is 458 g/mol. The third-order valence-corrected chi connectivity index (χ3v) is 5.45. The molecule has 8 heteroatoms. The molecule has 1 N–H and O–H groups in total. The fourth-order valence-electron chi connectivity index (χ4n) is 2.85. The van der Waals surface area contributed by atoms with Crippen molar-refractivity contribution >= 4 is 39.9 Å². The molecule has 0 aliphatic rings. The lowest BCUT2D eigenvalue weighted by Crippen LogP contribution is -2.12. The zero-order valence-corrected chi connectivity index (χ0v) is 18.9. The van der Waals surface area contributed by atoms with Gasteiger partial charge in [0.1, 0.15) is 0 Å². The summed E-state index contributed by atoms with van der Waals surface area (Å²) in [7, 11) is 1.52. The molecule has 3 aromatic rings. The normalized spacial score (nSPS) is 10.5. The summed E-state index contributed by atoms with van der Waals surface area (Å²) in [6.45, 7) is 1.91. The number of methoxy groups -OCH3 is 1. The molecular formula is C23H23ClN2O4S. The molecule has 0 fully saturated rings. The van der Waals surface area contributed by atoms with Crippen molar-refractivity contribution in [2.45, 2.75) is 32.6 Å². The molecule has 2 aromatic carbocycles. The van der Waals surface area contributed by atoms with Crippen LogP contribution in [0.3, 0.4) is 0 Å². The summed E-state index contributed by atoms with van der Waals surface area (Å²) < 4.78 is 10.6. The Bertz CT molecular complexity index is 1050. The van der Waals surface area contributed by atoms with Crippen molar-refractivity contribution in [3.63, 3.8) is 0 Å². The Hall–Kier alpha value is -2.90. The van der Waals surface area contributed by atoms with Crippen LogP contribution in [0.4, 0.5) is 5.13 Å². The second-order valence-corrected chi connectivity index (χ2v) is 8.10. The van der Waals surface area contributed by atoms with Gasteiger partial charge in [0.05, 0.1) is 12.8 Å². The Kier molecular flexibility index (Phi) is 8.03. The van der Waals surface area contributed by atoms with Gasteiger partial charge in [-0.15, -0.1) is 11.3 Å². The highest BCUT2D eigenvalue weighted by atomic mass is 35.5. The minimum absolute atomic E-state index is 0.130. The van der Waals surface area contributed by atoms with Crippen LogP contribution < -0.4 is 14.8 Å². The number of amides is 1. The lowest BCUT2D eigenvalue weighted by molar-refractivity contribution is -0.134. The first kappa shape index (κ1) is 22.8. The largest absolute Gasteiger partial charge is 0.493 e. The number of benzene rings is 2. The third-order valence-electron chi connectivity index (χ3n) is 4.44. The highest BCUT2D eigenvalue weighted by Crippen LogP contribution is 2.29. The number of hydrogen-bond acceptors (Lipinski definition) is 6. The number of carbonyl (C=O) groups is 2. The predicted octanol–water partition coefficient (Wildman–Crippen LogP) is 5.75. The summed E-state index contributed by atoms with van der Waals surface area (Å²) >= 11 is 7.29. The van der Waals surface area contributed by atoms with Crippen LogP contribution >= 0.6 is 22.9 Å². The molecule has 0 atom stereocenters. The van der Waals surface area contributed by atoms with E-state index in [1.54, 1.807) is 24.3 Å². The molecule has 0 aliphatic heterocycles. The van der Waals surface area contributed by atoms with Gasteiger partial charge in [-0.2, -0.15) is 0 Å². The zero-order chi connectivity index (χ0) is 22.2. The first-order valence-electron chi connectivity index (χ1n) is 9.87. The summed E-state index contributed by atoms with van der Waals surface area (Å²) in [6, 6.07) is 12.7. The first-order valence-corrected chi connectivity index (χ1v) is 11.1. The van der Waals surface area contributed by atoms with Gasteiger partial charge in [-0.05, 0) is 42.7 Å². The van der Waals surface area contributed by atoms with Gasteiger partial charge in [-0.1, -0.05) is 36.7 Å². The number of aromatic nitrogens is 1. The second kappa shape index (κ2) is 10.9. The van der Waals surface area contributed by atoms with Gasteiger partial charge in [0.25, 0.3) is 0 Å². The van der Waals surface area contributed by atoms with E-state index in [2.05, 4.69) is 10.3 Å². The quantitative estimate of drug-likeness (QED) is 0.326. The molecule has 162 valence electrons. The number of nitrogens with zero attached hydrogens (tertiary/aromatic N) is 1. The Balaban J connectivity index is 1.56. The van der Waals surface area contributed by atoms with Gasteiger partial charge in [-0.25, -0.2) is 4.98 Å². The minimum Gasteiger partial charge on any atom is -0.493 e. The zero-order valence-electron chi connectivity index (χ0n) is 17.3. The van der Waals surface area contributed by atoms with E-state index in [9.17, 15) is 9.59 Å². The van der Waals surface area contributed by atoms with Gasteiger partial charge in [0, 0.05) is 28.8 Å². The molecule has 0 spiro atoms. The molecule has 31 heavy (non-hydrogen) atoms. The molecule has 0 saturated heterocycles. The van der Waals surface area contributed by atoms with Crippen molar-refractivity contribution in [3.8, 4) is 22.8 Å². The van der Waals surface area contributed by atoms with E-state index >= 15 is 0 Å². The topological polar surface area (TPSA) is 77.5 Å². The van der Waals surface area contributed by atoms with E-state index in [4.69, 9.17) is 21.1 Å². The predicted molar refractivity (Wildman–Crippen MR) is 123 cm³/mol. The van der Waals surface area contributed by atoms with Gasteiger partial charge in [-0.3, -0.25) is 9.59 Å². The maximum absolute atomic E-state index is 12.4. The van der Waals surface area contributed by atoms with Gasteiger partial charge in [0.2, 0.25) is 5.91 Å². The molecule has 0 radical (unpaired) electrons. The van der Waals surface area contributed by atoms with Crippen LogP contribution in [0.1, 0.15) is 31.7 Å². The Morgan fingerprint density at radius 1 is 1.10 bits per heavy atom. The van der Waals surface area contributed by atoms with Gasteiger partial charge >= 0.3 is 5.97 Å². The number of nitrogens with one attached hydrogen (secondary N) is 1. The average Bonchev–Trinajstić information content (AvgIpc) is 3.22. The van der Waals surface area contributed by atoms with E-state index in [0.717, 1.165) is 16.8 Å². The summed E-state index contributed by atoms with van der Waals surface area (Å²) in [5.41, 5.74) is 2.63.